The SMILES string of the molecule is CC1=CC[C]2=C1C(C)(C)C1=[C](CC=C1C)[Ti+2]2.[Cl-].[Cl-]. The zero-order chi connectivity index (χ0) is 11.5. The van der Waals surface area contributed by atoms with Crippen molar-refractivity contribution in [1.29, 1.82) is 0 Å². The largest absolute Gasteiger partial charge is 1.00 e. The molecule has 0 unspecified atom stereocenters. The van der Waals surface area contributed by atoms with Gasteiger partial charge in [0.2, 0.25) is 0 Å². The van der Waals surface area contributed by atoms with Crippen LogP contribution < -0.4 is 24.8 Å². The molecule has 0 N–H and O–H groups in total. The summed E-state index contributed by atoms with van der Waals surface area (Å²) in [6.45, 7) is 9.45. The molecule has 1 heterocycles. The van der Waals surface area contributed by atoms with Crippen LogP contribution in [-0.4, -0.2) is 0 Å². The Labute approximate surface area is 131 Å². The van der Waals surface area contributed by atoms with Crippen molar-refractivity contribution in [2.45, 2.75) is 40.5 Å². The van der Waals surface area contributed by atoms with Gasteiger partial charge in [0.15, 0.2) is 0 Å². The average molecular weight is 317 g/mol. The number of rotatable bonds is 0. The molecular weight excluding hydrogens is 299 g/mol. The Bertz CT molecular complexity index is 461. The molecule has 96 valence electrons. The third-order valence-electron chi connectivity index (χ3n) is 4.17. The fraction of sp³-hybridized carbons (Fsp3) is 0.467. The van der Waals surface area contributed by atoms with Crippen LogP contribution in [0.15, 0.2) is 42.2 Å². The van der Waals surface area contributed by atoms with Gasteiger partial charge in [0.05, 0.1) is 0 Å². The minimum Gasteiger partial charge on any atom is -1.00 e. The molecule has 0 saturated carbocycles. The van der Waals surface area contributed by atoms with Gasteiger partial charge in [-0.25, -0.2) is 0 Å². The molecule has 0 radical (unpaired) electrons. The van der Waals surface area contributed by atoms with Crippen LogP contribution in [0.5, 0.6) is 0 Å². The minimum atomic E-state index is 0. The Balaban J connectivity index is 0.000000810. The molecule has 0 saturated heterocycles. The second kappa shape index (κ2) is 5.33. The van der Waals surface area contributed by atoms with E-state index < -0.39 is 0 Å². The monoisotopic (exact) mass is 316 g/mol. The van der Waals surface area contributed by atoms with E-state index in [1.54, 1.807) is 22.3 Å². The number of allylic oxidation sites excluding steroid dienone is 8. The van der Waals surface area contributed by atoms with Crippen molar-refractivity contribution in [3.63, 3.8) is 0 Å². The van der Waals surface area contributed by atoms with Gasteiger partial charge in [-0.2, -0.15) is 0 Å². The normalized spacial score (nSPS) is 22.9. The summed E-state index contributed by atoms with van der Waals surface area (Å²) >= 11 is 0.0234. The van der Waals surface area contributed by atoms with Gasteiger partial charge < -0.3 is 24.8 Å². The van der Waals surface area contributed by atoms with Crippen molar-refractivity contribution in [3.05, 3.63) is 42.2 Å². The average Bonchev–Trinajstić information content (AvgIpc) is 2.72. The van der Waals surface area contributed by atoms with E-state index in [0.717, 1.165) is 0 Å². The molecule has 2 aliphatic carbocycles. The van der Waals surface area contributed by atoms with E-state index in [1.807, 2.05) is 7.76 Å². The maximum absolute atomic E-state index is 2.44. The Hall–Kier alpha value is 0.254. The number of hydrogen-bond donors (Lipinski definition) is 0. The van der Waals surface area contributed by atoms with Crippen LogP contribution in [0.25, 0.3) is 0 Å². The predicted octanol–water partition coefficient (Wildman–Crippen LogP) is -1.68. The van der Waals surface area contributed by atoms with Crippen LogP contribution in [0.4, 0.5) is 0 Å². The Morgan fingerprint density at radius 2 is 1.28 bits per heavy atom. The van der Waals surface area contributed by atoms with Gasteiger partial charge in [0, 0.05) is 0 Å². The molecular formula is C15H18Cl2Ti. The number of hydrogen-bond acceptors (Lipinski definition) is 0. The molecule has 0 atom stereocenters. The molecule has 18 heavy (non-hydrogen) atoms. The van der Waals surface area contributed by atoms with Crippen LogP contribution in [0, 0.1) is 5.41 Å². The van der Waals surface area contributed by atoms with Crippen molar-refractivity contribution in [2.24, 2.45) is 5.41 Å². The van der Waals surface area contributed by atoms with E-state index in [4.69, 9.17) is 0 Å². The zero-order valence-electron chi connectivity index (χ0n) is 11.3. The van der Waals surface area contributed by atoms with Gasteiger partial charge in [-0.05, 0) is 0 Å². The van der Waals surface area contributed by atoms with Gasteiger partial charge in [-0.3, -0.25) is 0 Å². The van der Waals surface area contributed by atoms with Gasteiger partial charge >= 0.3 is 107 Å². The Morgan fingerprint density at radius 1 is 0.889 bits per heavy atom. The van der Waals surface area contributed by atoms with E-state index in [-0.39, 0.29) is 49.4 Å². The van der Waals surface area contributed by atoms with Crippen molar-refractivity contribution >= 4 is 0 Å². The first-order valence-corrected chi connectivity index (χ1v) is 7.66. The van der Waals surface area contributed by atoms with Gasteiger partial charge in [-0.1, -0.05) is 0 Å². The van der Waals surface area contributed by atoms with Crippen molar-refractivity contribution in [3.8, 4) is 0 Å². The second-order valence-electron chi connectivity index (χ2n) is 5.64. The summed E-state index contributed by atoms with van der Waals surface area (Å²) in [6.07, 6.45) is 7.38. The first-order chi connectivity index (χ1) is 7.51. The Kier molecular flexibility index (Phi) is 4.83. The fourth-order valence-electron chi connectivity index (χ4n) is 3.67. The molecule has 3 rings (SSSR count). The standard InChI is InChI=1S/C15H18.2ClH.Ti/c1-11-7-5-9-13(11)15(3,4)14-10-6-8-12(14)2;;;/h7-8H,5-6H2,1-4H3;2*1H;/q;;;+2/p-2. The summed E-state index contributed by atoms with van der Waals surface area (Å²) < 4.78 is 3.62. The molecule has 0 aromatic rings. The van der Waals surface area contributed by atoms with Gasteiger partial charge in [0.1, 0.15) is 0 Å². The van der Waals surface area contributed by atoms with E-state index in [9.17, 15) is 0 Å². The molecule has 0 amide bonds. The third-order valence-corrected chi connectivity index (χ3v) is 6.53. The predicted molar refractivity (Wildman–Crippen MR) is 64.6 cm³/mol. The van der Waals surface area contributed by atoms with Crippen molar-refractivity contribution < 1.29 is 44.0 Å². The molecule has 0 nitrogen and oxygen atoms in total. The first-order valence-electron chi connectivity index (χ1n) is 6.10. The molecule has 0 aromatic heterocycles. The maximum Gasteiger partial charge on any atom is -1.00 e. The van der Waals surface area contributed by atoms with Crippen LogP contribution in [0.2, 0.25) is 0 Å². The molecule has 0 spiro atoms. The van der Waals surface area contributed by atoms with Gasteiger partial charge in [0.25, 0.3) is 0 Å². The van der Waals surface area contributed by atoms with E-state index in [2.05, 4.69) is 39.8 Å². The Morgan fingerprint density at radius 3 is 1.67 bits per heavy atom. The van der Waals surface area contributed by atoms with Crippen LogP contribution in [0.1, 0.15) is 40.5 Å². The van der Waals surface area contributed by atoms with E-state index >= 15 is 0 Å². The van der Waals surface area contributed by atoms with Crippen LogP contribution in [-0.2, 0) is 19.2 Å². The molecule has 3 heteroatoms. The fourth-order valence-corrected chi connectivity index (χ4v) is 6.86. The van der Waals surface area contributed by atoms with E-state index in [0.29, 0.717) is 0 Å². The summed E-state index contributed by atoms with van der Waals surface area (Å²) in [7, 11) is 0. The first kappa shape index (κ1) is 16.3. The quantitative estimate of drug-likeness (QED) is 0.469. The zero-order valence-corrected chi connectivity index (χ0v) is 14.4. The van der Waals surface area contributed by atoms with E-state index in [1.165, 1.54) is 12.8 Å². The van der Waals surface area contributed by atoms with Crippen molar-refractivity contribution in [1.82, 2.24) is 0 Å². The number of halogens is 2. The summed E-state index contributed by atoms with van der Waals surface area (Å²) in [4.78, 5) is 0. The third kappa shape index (κ3) is 2.12. The minimum absolute atomic E-state index is 0. The maximum atomic E-state index is 2.44. The topological polar surface area (TPSA) is 0 Å². The molecule has 3 aliphatic rings. The second-order valence-corrected chi connectivity index (χ2v) is 7.91. The molecule has 1 aliphatic heterocycles. The smallest absolute Gasteiger partial charge is 1.00 e. The summed E-state index contributed by atoms with van der Waals surface area (Å²) in [5.41, 5.74) is 6.77. The molecule has 0 aromatic carbocycles. The van der Waals surface area contributed by atoms with Crippen molar-refractivity contribution in [2.75, 3.05) is 0 Å². The summed E-state index contributed by atoms with van der Waals surface area (Å²) in [5, 5.41) is 0. The van der Waals surface area contributed by atoms with Crippen LogP contribution >= 0.6 is 0 Å². The molecule has 0 bridgehead atoms. The molecule has 0 fully saturated rings. The van der Waals surface area contributed by atoms with Crippen LogP contribution in [0.3, 0.4) is 0 Å². The summed E-state index contributed by atoms with van der Waals surface area (Å²) in [6, 6.07) is 0. The van der Waals surface area contributed by atoms with Gasteiger partial charge in [-0.15, -0.1) is 0 Å². The summed E-state index contributed by atoms with van der Waals surface area (Å²) in [5.74, 6) is 0.